The number of aliphatic hydroxyl groups is 1. The maximum Gasteiger partial charge on any atom is 0.310 e. The number of rotatable bonds is 4. The van der Waals surface area contributed by atoms with E-state index in [2.05, 4.69) is 15.6 Å². The second kappa shape index (κ2) is 9.46. The van der Waals surface area contributed by atoms with Gasteiger partial charge in [-0.3, -0.25) is 24.2 Å². The molecule has 3 N–H and O–H groups in total. The van der Waals surface area contributed by atoms with E-state index in [1.54, 1.807) is 17.2 Å². The molecule has 0 spiro atoms. The van der Waals surface area contributed by atoms with Gasteiger partial charge in [0.25, 0.3) is 5.91 Å². The molecule has 0 aliphatic carbocycles. The zero-order chi connectivity index (χ0) is 24.5. The molecular weight excluding hydrogens is 452 g/mol. The second-order valence-corrected chi connectivity index (χ2v) is 9.04. The van der Waals surface area contributed by atoms with E-state index in [0.29, 0.717) is 24.6 Å². The number of pyridine rings is 1. The predicted molar refractivity (Wildman–Crippen MR) is 124 cm³/mol. The molecule has 0 saturated carbocycles. The van der Waals surface area contributed by atoms with E-state index >= 15 is 0 Å². The van der Waals surface area contributed by atoms with Crippen molar-refractivity contribution < 1.29 is 29.0 Å². The van der Waals surface area contributed by atoms with Gasteiger partial charge < -0.3 is 25.4 Å². The van der Waals surface area contributed by atoms with Crippen LogP contribution in [0.15, 0.2) is 48.7 Å². The van der Waals surface area contributed by atoms with Gasteiger partial charge in [-0.2, -0.15) is 0 Å². The molecule has 5 unspecified atom stereocenters. The number of fused-ring (bicyclic) bond motifs is 2. The molecule has 0 radical (unpaired) electrons. The van der Waals surface area contributed by atoms with Crippen molar-refractivity contribution in [1.29, 1.82) is 0 Å². The smallest absolute Gasteiger partial charge is 0.310 e. The van der Waals surface area contributed by atoms with Crippen molar-refractivity contribution in [2.75, 3.05) is 0 Å². The Morgan fingerprint density at radius 2 is 1.86 bits per heavy atom. The normalized spacial score (nSPS) is 29.2. The third kappa shape index (κ3) is 4.49. The summed E-state index contributed by atoms with van der Waals surface area (Å²) in [6.45, 7) is 0. The van der Waals surface area contributed by atoms with Gasteiger partial charge >= 0.3 is 5.97 Å². The van der Waals surface area contributed by atoms with Gasteiger partial charge in [0.15, 0.2) is 0 Å². The van der Waals surface area contributed by atoms with Gasteiger partial charge in [-0.15, -0.1) is 0 Å². The minimum atomic E-state index is -1.41. The van der Waals surface area contributed by atoms with Crippen molar-refractivity contribution >= 4 is 34.5 Å². The van der Waals surface area contributed by atoms with Crippen LogP contribution >= 0.6 is 0 Å². The average molecular weight is 479 g/mol. The van der Waals surface area contributed by atoms with Crippen LogP contribution in [0.5, 0.6) is 0 Å². The molecule has 10 heteroatoms. The molecule has 5 rings (SSSR count). The summed E-state index contributed by atoms with van der Waals surface area (Å²) in [4.78, 5) is 57.0. The predicted octanol–water partition coefficient (Wildman–Crippen LogP) is 0.793. The summed E-state index contributed by atoms with van der Waals surface area (Å²) in [5.41, 5.74) is 0.231. The standard InChI is InChI=1S/C25H26N4O6/c30-20-13-18(25(34)35-20)28-22(31)19-10-9-15-6-2-4-8-17(24(33)29(15)19)27-23(32)21-16-7-3-1-5-14(16)11-12-26-21/h1-5,7,11-12,15,17-19,25,34H,6,8-10,13H2,(H,27,32)(H,28,31)/b4-2-. The van der Waals surface area contributed by atoms with Crippen LogP contribution in [0.3, 0.4) is 0 Å². The lowest BCUT2D eigenvalue weighted by atomic mass is 10.0. The van der Waals surface area contributed by atoms with E-state index in [1.807, 2.05) is 36.4 Å². The fourth-order valence-corrected chi connectivity index (χ4v) is 5.07. The molecular formula is C25H26N4O6. The average Bonchev–Trinajstić information content (AvgIpc) is 3.40. The zero-order valence-electron chi connectivity index (χ0n) is 18.9. The number of benzene rings is 1. The van der Waals surface area contributed by atoms with Crippen LogP contribution in [0.25, 0.3) is 10.8 Å². The number of esters is 1. The lowest BCUT2D eigenvalue weighted by Crippen LogP contribution is -2.57. The fourth-order valence-electron chi connectivity index (χ4n) is 5.07. The number of aliphatic hydroxyl groups excluding tert-OH is 1. The fraction of sp³-hybridized carbons (Fsp3) is 0.400. The summed E-state index contributed by atoms with van der Waals surface area (Å²) >= 11 is 0. The Kier molecular flexibility index (Phi) is 6.21. The summed E-state index contributed by atoms with van der Waals surface area (Å²) in [5, 5.41) is 16.9. The van der Waals surface area contributed by atoms with E-state index in [-0.39, 0.29) is 30.5 Å². The van der Waals surface area contributed by atoms with Crippen molar-refractivity contribution in [3.8, 4) is 0 Å². The number of carbonyl (C=O) groups is 4. The van der Waals surface area contributed by atoms with Gasteiger partial charge in [0.05, 0.1) is 6.42 Å². The van der Waals surface area contributed by atoms with Crippen LogP contribution in [0.4, 0.5) is 0 Å². The number of hydrogen-bond donors (Lipinski definition) is 3. The number of ether oxygens (including phenoxy) is 1. The number of nitrogens with zero attached hydrogens (tertiary/aromatic N) is 2. The lowest BCUT2D eigenvalue weighted by Gasteiger charge is -2.34. The zero-order valence-corrected chi connectivity index (χ0v) is 18.9. The Hall–Kier alpha value is -3.79. The van der Waals surface area contributed by atoms with Crippen LogP contribution in [0.1, 0.15) is 42.6 Å². The quantitative estimate of drug-likeness (QED) is 0.436. The van der Waals surface area contributed by atoms with Crippen LogP contribution < -0.4 is 10.6 Å². The second-order valence-electron chi connectivity index (χ2n) is 9.04. The SMILES string of the molecule is O=C1CC(NC(=O)C2CCC3C/C=C\CC(NC(=O)c4nccc5ccccc45)C(=O)N32)C(O)O1. The molecule has 2 saturated heterocycles. The third-order valence-electron chi connectivity index (χ3n) is 6.81. The highest BCUT2D eigenvalue weighted by atomic mass is 16.6. The molecule has 1 aromatic carbocycles. The highest BCUT2D eigenvalue weighted by molar-refractivity contribution is 6.06. The Labute approximate surface area is 201 Å². The molecule has 182 valence electrons. The first-order chi connectivity index (χ1) is 16.9. The van der Waals surface area contributed by atoms with Crippen LogP contribution in [-0.4, -0.2) is 69.1 Å². The number of nitrogens with one attached hydrogen (secondary N) is 2. The number of cyclic esters (lactones) is 1. The molecule has 3 aliphatic heterocycles. The van der Waals surface area contributed by atoms with Crippen LogP contribution in [-0.2, 0) is 19.1 Å². The summed E-state index contributed by atoms with van der Waals surface area (Å²) in [5.74, 6) is -1.85. The minimum absolute atomic E-state index is 0.129. The highest BCUT2D eigenvalue weighted by Gasteiger charge is 2.45. The third-order valence-corrected chi connectivity index (χ3v) is 6.81. The topological polar surface area (TPSA) is 138 Å². The maximum absolute atomic E-state index is 13.6. The van der Waals surface area contributed by atoms with E-state index in [1.165, 1.54) is 0 Å². The van der Waals surface area contributed by atoms with Crippen LogP contribution in [0.2, 0.25) is 0 Å². The Balaban J connectivity index is 1.35. The lowest BCUT2D eigenvalue weighted by molar-refractivity contribution is -0.155. The first kappa shape index (κ1) is 23.0. The first-order valence-corrected chi connectivity index (χ1v) is 11.7. The summed E-state index contributed by atoms with van der Waals surface area (Å²) in [6.07, 6.45) is 5.83. The molecule has 3 amide bonds. The molecule has 3 aliphatic rings. The van der Waals surface area contributed by atoms with Crippen molar-refractivity contribution in [3.63, 3.8) is 0 Å². The molecule has 4 heterocycles. The van der Waals surface area contributed by atoms with E-state index in [0.717, 1.165) is 5.39 Å². The van der Waals surface area contributed by atoms with Crippen LogP contribution in [0, 0.1) is 0 Å². The monoisotopic (exact) mass is 478 g/mol. The van der Waals surface area contributed by atoms with E-state index < -0.39 is 42.2 Å². The van der Waals surface area contributed by atoms with Gasteiger partial charge in [-0.1, -0.05) is 36.4 Å². The molecule has 0 bridgehead atoms. The summed E-state index contributed by atoms with van der Waals surface area (Å²) < 4.78 is 4.69. The van der Waals surface area contributed by atoms with Crippen molar-refractivity contribution in [2.45, 2.75) is 62.6 Å². The molecule has 35 heavy (non-hydrogen) atoms. The summed E-state index contributed by atoms with van der Waals surface area (Å²) in [6, 6.07) is 6.53. The molecule has 5 atom stereocenters. The van der Waals surface area contributed by atoms with Gasteiger partial charge in [0.2, 0.25) is 18.1 Å². The van der Waals surface area contributed by atoms with Crippen molar-refractivity contribution in [1.82, 2.24) is 20.5 Å². The molecule has 10 nitrogen and oxygen atoms in total. The van der Waals surface area contributed by atoms with E-state index in [9.17, 15) is 24.3 Å². The van der Waals surface area contributed by atoms with Gasteiger partial charge in [-0.05, 0) is 37.1 Å². The van der Waals surface area contributed by atoms with E-state index in [4.69, 9.17) is 4.74 Å². The largest absolute Gasteiger partial charge is 0.434 e. The highest BCUT2D eigenvalue weighted by Crippen LogP contribution is 2.30. The van der Waals surface area contributed by atoms with Crippen molar-refractivity contribution in [2.24, 2.45) is 0 Å². The number of aromatic nitrogens is 1. The van der Waals surface area contributed by atoms with Gasteiger partial charge in [-0.25, -0.2) is 0 Å². The maximum atomic E-state index is 13.6. The molecule has 1 aromatic heterocycles. The van der Waals surface area contributed by atoms with Gasteiger partial charge in [0, 0.05) is 17.6 Å². The first-order valence-electron chi connectivity index (χ1n) is 11.7. The summed E-state index contributed by atoms with van der Waals surface area (Å²) in [7, 11) is 0. The van der Waals surface area contributed by atoms with Gasteiger partial charge in [0.1, 0.15) is 23.8 Å². The Bertz CT molecular complexity index is 1210. The minimum Gasteiger partial charge on any atom is -0.434 e. The molecule has 2 aromatic rings. The Morgan fingerprint density at radius 1 is 1.06 bits per heavy atom. The number of hydrogen-bond acceptors (Lipinski definition) is 7. The molecule has 2 fully saturated rings. The van der Waals surface area contributed by atoms with Crippen molar-refractivity contribution in [3.05, 3.63) is 54.4 Å². The number of amides is 3. The Morgan fingerprint density at radius 3 is 2.66 bits per heavy atom. The number of carbonyl (C=O) groups excluding carboxylic acids is 4.